The fourth-order valence-electron chi connectivity index (χ4n) is 3.98. The molecule has 1 fully saturated rings. The topological polar surface area (TPSA) is 87.1 Å². The van der Waals surface area contributed by atoms with Gasteiger partial charge in [-0.2, -0.15) is 0 Å². The highest BCUT2D eigenvalue weighted by atomic mass is 16.3. The van der Waals surface area contributed by atoms with Crippen LogP contribution < -0.4 is 0 Å². The molecule has 0 bridgehead atoms. The van der Waals surface area contributed by atoms with Crippen LogP contribution in [0, 0.1) is 6.92 Å². The number of aliphatic hydroxyl groups excluding tert-OH is 1. The average molecular weight is 384 g/mol. The van der Waals surface area contributed by atoms with Crippen molar-refractivity contribution in [1.29, 1.82) is 0 Å². The number of carbonyl (C=O) groups excluding carboxylic acids is 2. The van der Waals surface area contributed by atoms with Gasteiger partial charge in [-0.25, -0.2) is 0 Å². The minimum atomic E-state index is -0.759. The molecule has 0 radical (unpaired) electrons. The summed E-state index contributed by atoms with van der Waals surface area (Å²) in [6.45, 7) is 4.84. The van der Waals surface area contributed by atoms with E-state index in [1.165, 1.54) is 17.6 Å². The minimum Gasteiger partial charge on any atom is -0.503 e. The zero-order chi connectivity index (χ0) is 19.7. The highest BCUT2D eigenvalue weighted by Gasteiger charge is 2.45. The first-order valence-corrected chi connectivity index (χ1v) is 9.67. The summed E-state index contributed by atoms with van der Waals surface area (Å²) in [5.41, 5.74) is 0.00736. The van der Waals surface area contributed by atoms with Gasteiger partial charge in [0.2, 0.25) is 5.78 Å². The number of aryl methyl sites for hydroxylation is 1. The molecule has 1 atom stereocenters. The first-order chi connectivity index (χ1) is 13.6. The number of Topliss-reactive ketones (excluding diaryl/α,β-unsaturated/α-hetero) is 1. The average Bonchev–Trinajstić information content (AvgIpc) is 3.42. The molecule has 2 aromatic heterocycles. The van der Waals surface area contributed by atoms with Crippen molar-refractivity contribution >= 4 is 11.7 Å². The number of ketones is 1. The van der Waals surface area contributed by atoms with Crippen LogP contribution >= 0.6 is 0 Å². The Morgan fingerprint density at radius 1 is 1.18 bits per heavy atom. The molecule has 0 aliphatic carbocycles. The zero-order valence-corrected chi connectivity index (χ0v) is 15.9. The largest absolute Gasteiger partial charge is 0.503 e. The third-order valence-electron chi connectivity index (χ3n) is 5.43. The van der Waals surface area contributed by atoms with E-state index in [1.807, 2.05) is 0 Å². The van der Waals surface area contributed by atoms with Crippen LogP contribution in [0.15, 0.2) is 50.7 Å². The molecule has 1 amide bonds. The Kier molecular flexibility index (Phi) is 5.09. The number of rotatable bonds is 6. The van der Waals surface area contributed by atoms with E-state index in [1.54, 1.807) is 31.2 Å². The second-order valence-electron chi connectivity index (χ2n) is 7.32. The second-order valence-corrected chi connectivity index (χ2v) is 7.32. The molecule has 148 valence electrons. The Labute approximate surface area is 163 Å². The monoisotopic (exact) mass is 384 g/mol. The number of furan rings is 2. The lowest BCUT2D eigenvalue weighted by Gasteiger charge is -2.30. The van der Waals surface area contributed by atoms with Gasteiger partial charge in [0.25, 0.3) is 5.91 Å². The van der Waals surface area contributed by atoms with Crippen molar-refractivity contribution in [2.75, 3.05) is 26.2 Å². The van der Waals surface area contributed by atoms with Crippen LogP contribution in [0.5, 0.6) is 0 Å². The van der Waals surface area contributed by atoms with Gasteiger partial charge < -0.3 is 23.7 Å². The molecular weight excluding hydrogens is 360 g/mol. The highest BCUT2D eigenvalue weighted by molar-refractivity contribution is 6.14. The van der Waals surface area contributed by atoms with E-state index in [4.69, 9.17) is 8.83 Å². The molecular formula is C21H24N2O5. The van der Waals surface area contributed by atoms with Crippen LogP contribution in [0.4, 0.5) is 0 Å². The fourth-order valence-corrected chi connectivity index (χ4v) is 3.98. The van der Waals surface area contributed by atoms with E-state index in [0.717, 1.165) is 25.9 Å². The fraction of sp³-hybridized carbons (Fsp3) is 0.429. The predicted octanol–water partition coefficient (Wildman–Crippen LogP) is 3.25. The Morgan fingerprint density at radius 3 is 2.61 bits per heavy atom. The summed E-state index contributed by atoms with van der Waals surface area (Å²) in [4.78, 5) is 29.7. The van der Waals surface area contributed by atoms with E-state index in [2.05, 4.69) is 4.90 Å². The molecule has 4 heterocycles. The lowest BCUT2D eigenvalue weighted by Crippen LogP contribution is -2.40. The molecule has 1 N–H and O–H groups in total. The van der Waals surface area contributed by atoms with Gasteiger partial charge in [-0.05, 0) is 57.1 Å². The van der Waals surface area contributed by atoms with Gasteiger partial charge in [-0.15, -0.1) is 0 Å². The molecule has 2 aliphatic rings. The van der Waals surface area contributed by atoms with E-state index in [-0.39, 0.29) is 11.3 Å². The molecule has 0 saturated carbocycles. The summed E-state index contributed by atoms with van der Waals surface area (Å²) < 4.78 is 11.0. The Balaban J connectivity index is 1.62. The van der Waals surface area contributed by atoms with E-state index >= 15 is 0 Å². The Hall–Kier alpha value is -2.80. The zero-order valence-electron chi connectivity index (χ0n) is 15.9. The summed E-state index contributed by atoms with van der Waals surface area (Å²) in [6, 6.07) is 5.89. The van der Waals surface area contributed by atoms with Crippen molar-refractivity contribution in [2.24, 2.45) is 0 Å². The van der Waals surface area contributed by atoms with E-state index in [9.17, 15) is 14.7 Å². The summed E-state index contributed by atoms with van der Waals surface area (Å²) >= 11 is 0. The lowest BCUT2D eigenvalue weighted by atomic mass is 9.99. The minimum absolute atomic E-state index is 0.00736. The third kappa shape index (κ3) is 3.38. The molecule has 4 rings (SSSR count). The molecule has 2 aliphatic heterocycles. The normalized spacial score (nSPS) is 21.0. The van der Waals surface area contributed by atoms with Crippen LogP contribution in [0.1, 0.15) is 47.4 Å². The third-order valence-corrected chi connectivity index (χ3v) is 5.43. The molecule has 0 aromatic carbocycles. The van der Waals surface area contributed by atoms with Crippen LogP contribution in [0.3, 0.4) is 0 Å². The van der Waals surface area contributed by atoms with Gasteiger partial charge in [0.1, 0.15) is 17.6 Å². The Bertz CT molecular complexity index is 890. The summed E-state index contributed by atoms with van der Waals surface area (Å²) in [6.07, 6.45) is 5.04. The van der Waals surface area contributed by atoms with Gasteiger partial charge >= 0.3 is 0 Å². The summed E-state index contributed by atoms with van der Waals surface area (Å²) in [5, 5.41) is 10.5. The molecule has 7 heteroatoms. The molecule has 7 nitrogen and oxygen atoms in total. The van der Waals surface area contributed by atoms with Crippen molar-refractivity contribution in [3.05, 3.63) is 59.1 Å². The van der Waals surface area contributed by atoms with Crippen LogP contribution in [-0.4, -0.2) is 52.8 Å². The van der Waals surface area contributed by atoms with Gasteiger partial charge in [0, 0.05) is 13.1 Å². The number of hydrogen-bond donors (Lipinski definition) is 1. The van der Waals surface area contributed by atoms with Crippen LogP contribution in [-0.2, 0) is 4.79 Å². The molecule has 1 unspecified atom stereocenters. The number of nitrogens with zero attached hydrogens (tertiary/aromatic N) is 2. The van der Waals surface area contributed by atoms with Gasteiger partial charge in [-0.3, -0.25) is 9.59 Å². The first kappa shape index (κ1) is 18.6. The van der Waals surface area contributed by atoms with Crippen molar-refractivity contribution in [2.45, 2.75) is 32.2 Å². The lowest BCUT2D eigenvalue weighted by molar-refractivity contribution is -0.129. The molecule has 2 aromatic rings. The number of hydrogen-bond acceptors (Lipinski definition) is 6. The summed E-state index contributed by atoms with van der Waals surface area (Å²) in [7, 11) is 0. The van der Waals surface area contributed by atoms with Crippen molar-refractivity contribution in [3.63, 3.8) is 0 Å². The number of amides is 1. The van der Waals surface area contributed by atoms with Crippen molar-refractivity contribution in [3.8, 4) is 0 Å². The molecule has 28 heavy (non-hydrogen) atoms. The van der Waals surface area contributed by atoms with Crippen molar-refractivity contribution < 1.29 is 23.5 Å². The van der Waals surface area contributed by atoms with Gasteiger partial charge in [-0.1, -0.05) is 6.42 Å². The number of carbonyl (C=O) groups is 2. The number of piperidine rings is 1. The maximum absolute atomic E-state index is 13.0. The highest BCUT2D eigenvalue weighted by Crippen LogP contribution is 2.39. The summed E-state index contributed by atoms with van der Waals surface area (Å²) in [5.74, 6) is -0.446. The van der Waals surface area contributed by atoms with E-state index in [0.29, 0.717) is 24.6 Å². The van der Waals surface area contributed by atoms with Gasteiger partial charge in [0.05, 0.1) is 11.8 Å². The maximum atomic E-state index is 13.0. The molecule has 0 spiro atoms. The van der Waals surface area contributed by atoms with Crippen LogP contribution in [0.2, 0.25) is 0 Å². The first-order valence-electron chi connectivity index (χ1n) is 9.67. The smallest absolute Gasteiger partial charge is 0.290 e. The number of likely N-dealkylation sites (tertiary alicyclic amines) is 1. The Morgan fingerprint density at radius 2 is 1.96 bits per heavy atom. The van der Waals surface area contributed by atoms with Crippen LogP contribution in [0.25, 0.3) is 0 Å². The SMILES string of the molecule is Cc1ccc(C(=O)C2=C(O)C(=O)N(CCN3CCCCC3)C2c2ccco2)o1. The van der Waals surface area contributed by atoms with E-state index < -0.39 is 23.5 Å². The van der Waals surface area contributed by atoms with Gasteiger partial charge in [0.15, 0.2) is 11.5 Å². The van der Waals surface area contributed by atoms with Crippen molar-refractivity contribution in [1.82, 2.24) is 9.80 Å². The molecule has 1 saturated heterocycles. The second kappa shape index (κ2) is 7.67. The maximum Gasteiger partial charge on any atom is 0.290 e. The number of aliphatic hydroxyl groups is 1. The predicted molar refractivity (Wildman–Crippen MR) is 101 cm³/mol. The quantitative estimate of drug-likeness (QED) is 0.770. The standard InChI is InChI=1S/C21H24N2O5/c1-14-7-8-16(28-14)19(24)17-18(15-6-5-13-27-15)23(21(26)20(17)25)12-11-22-9-3-2-4-10-22/h5-8,13,18,25H,2-4,9-12H2,1H3.